The Kier molecular flexibility index (Phi) is 4.78. The van der Waals surface area contributed by atoms with Crippen molar-refractivity contribution in [1.29, 1.82) is 0 Å². The zero-order chi connectivity index (χ0) is 14.7. The second-order valence-corrected chi connectivity index (χ2v) is 6.23. The van der Waals surface area contributed by atoms with Gasteiger partial charge in [-0.05, 0) is 30.7 Å². The maximum Gasteiger partial charge on any atom is 0.106 e. The minimum absolute atomic E-state index is 0.420. The molecule has 2 N–H and O–H groups in total. The molecule has 2 nitrogen and oxygen atoms in total. The van der Waals surface area contributed by atoms with Crippen molar-refractivity contribution in [3.63, 3.8) is 0 Å². The van der Waals surface area contributed by atoms with Gasteiger partial charge in [0, 0.05) is 29.3 Å². The Balaban J connectivity index is 2.31. The predicted octanol–water partition coefficient (Wildman–Crippen LogP) is 4.03. The average Bonchev–Trinajstić information content (AvgIpc) is 2.38. The second-order valence-electron chi connectivity index (χ2n) is 4.87. The van der Waals surface area contributed by atoms with Crippen molar-refractivity contribution in [2.75, 3.05) is 11.9 Å². The highest BCUT2D eigenvalue weighted by molar-refractivity contribution is 9.10. The normalized spacial score (nSPS) is 10.3. The summed E-state index contributed by atoms with van der Waals surface area (Å²) < 4.78 is 1.02. The molecule has 104 valence electrons. The molecule has 4 heteroatoms. The molecule has 0 aliphatic heterocycles. The third-order valence-corrected chi connectivity index (χ3v) is 3.85. The molecular weight excluding hydrogens is 332 g/mol. The van der Waals surface area contributed by atoms with E-state index in [1.807, 2.05) is 25.2 Å². The number of halogens is 1. The molecule has 2 aromatic carbocycles. The van der Waals surface area contributed by atoms with Crippen LogP contribution < -0.4 is 10.6 Å². The first-order chi connectivity index (χ1) is 9.47. The summed E-state index contributed by atoms with van der Waals surface area (Å²) in [5.74, 6) is 0. The summed E-state index contributed by atoms with van der Waals surface area (Å²) in [6.45, 7) is 2.91. The summed E-state index contributed by atoms with van der Waals surface area (Å²) in [4.78, 5) is 2.58. The number of anilines is 1. The summed E-state index contributed by atoms with van der Waals surface area (Å²) in [7, 11) is 2.05. The van der Waals surface area contributed by atoms with Gasteiger partial charge in [0.1, 0.15) is 4.99 Å². The molecule has 0 saturated heterocycles. The molecule has 0 radical (unpaired) electrons. The van der Waals surface area contributed by atoms with Crippen LogP contribution in [0.5, 0.6) is 0 Å². The average molecular weight is 349 g/mol. The lowest BCUT2D eigenvalue weighted by Gasteiger charge is -2.23. The van der Waals surface area contributed by atoms with Crippen LogP contribution in [0.1, 0.15) is 16.7 Å². The van der Waals surface area contributed by atoms with E-state index in [4.69, 9.17) is 18.0 Å². The minimum Gasteiger partial charge on any atom is -0.389 e. The number of rotatable bonds is 4. The van der Waals surface area contributed by atoms with E-state index in [9.17, 15) is 0 Å². The molecular formula is C16H17BrN2S. The molecule has 0 amide bonds. The highest BCUT2D eigenvalue weighted by Gasteiger charge is 2.11. The van der Waals surface area contributed by atoms with E-state index in [1.165, 1.54) is 11.1 Å². The van der Waals surface area contributed by atoms with Crippen LogP contribution in [0.4, 0.5) is 5.69 Å². The van der Waals surface area contributed by atoms with E-state index < -0.39 is 0 Å². The Morgan fingerprint density at radius 1 is 1.25 bits per heavy atom. The van der Waals surface area contributed by atoms with Gasteiger partial charge >= 0.3 is 0 Å². The van der Waals surface area contributed by atoms with E-state index in [2.05, 4.69) is 52.0 Å². The van der Waals surface area contributed by atoms with E-state index in [0.29, 0.717) is 4.99 Å². The number of thiocarbonyl (C=S) groups is 1. The highest BCUT2D eigenvalue weighted by atomic mass is 79.9. The quantitative estimate of drug-likeness (QED) is 0.845. The van der Waals surface area contributed by atoms with E-state index in [-0.39, 0.29) is 0 Å². The molecule has 0 aromatic heterocycles. The Morgan fingerprint density at radius 2 is 2.00 bits per heavy atom. The molecule has 0 fully saturated rings. The molecule has 2 aromatic rings. The first-order valence-electron chi connectivity index (χ1n) is 6.33. The molecule has 0 aliphatic carbocycles. The van der Waals surface area contributed by atoms with Gasteiger partial charge in [-0.3, -0.25) is 0 Å². The largest absolute Gasteiger partial charge is 0.389 e. The Hall–Kier alpha value is -1.39. The van der Waals surface area contributed by atoms with E-state index >= 15 is 0 Å². The van der Waals surface area contributed by atoms with Crippen molar-refractivity contribution in [1.82, 2.24) is 0 Å². The summed E-state index contributed by atoms with van der Waals surface area (Å²) in [6, 6.07) is 14.4. The highest BCUT2D eigenvalue weighted by Crippen LogP contribution is 2.25. The van der Waals surface area contributed by atoms with Crippen molar-refractivity contribution in [3.05, 3.63) is 63.6 Å². The van der Waals surface area contributed by atoms with Crippen molar-refractivity contribution in [2.45, 2.75) is 13.5 Å². The van der Waals surface area contributed by atoms with E-state index in [0.717, 1.165) is 22.3 Å². The SMILES string of the molecule is Cc1cccc(CN(C)c2cc(Br)ccc2C(N)=S)c1. The smallest absolute Gasteiger partial charge is 0.106 e. The van der Waals surface area contributed by atoms with Gasteiger partial charge in [0.2, 0.25) is 0 Å². The van der Waals surface area contributed by atoms with Crippen LogP contribution in [0, 0.1) is 6.92 Å². The van der Waals surface area contributed by atoms with Gasteiger partial charge in [0.05, 0.1) is 0 Å². The van der Waals surface area contributed by atoms with Gasteiger partial charge in [-0.25, -0.2) is 0 Å². The monoisotopic (exact) mass is 348 g/mol. The molecule has 0 saturated carbocycles. The Morgan fingerprint density at radius 3 is 2.65 bits per heavy atom. The standard InChI is InChI=1S/C16H17BrN2S/c1-11-4-3-5-12(8-11)10-19(2)15-9-13(17)6-7-14(15)16(18)20/h3-9H,10H2,1-2H3,(H2,18,20). The molecule has 0 bridgehead atoms. The van der Waals surface area contributed by atoms with Crippen LogP contribution in [0.3, 0.4) is 0 Å². The number of aryl methyl sites for hydroxylation is 1. The number of nitrogens with two attached hydrogens (primary N) is 1. The van der Waals surface area contributed by atoms with Crippen molar-refractivity contribution < 1.29 is 0 Å². The molecule has 0 unspecified atom stereocenters. The maximum absolute atomic E-state index is 5.81. The second kappa shape index (κ2) is 6.37. The van der Waals surface area contributed by atoms with Crippen LogP contribution in [-0.2, 0) is 6.54 Å². The molecule has 20 heavy (non-hydrogen) atoms. The first kappa shape index (κ1) is 15.0. The third-order valence-electron chi connectivity index (χ3n) is 3.14. The molecule has 0 atom stereocenters. The van der Waals surface area contributed by atoms with Crippen molar-refractivity contribution in [2.24, 2.45) is 5.73 Å². The molecule has 2 rings (SSSR count). The molecule has 0 aliphatic rings. The van der Waals surface area contributed by atoms with Crippen LogP contribution in [0.25, 0.3) is 0 Å². The Labute approximate surface area is 133 Å². The predicted molar refractivity (Wildman–Crippen MR) is 93.3 cm³/mol. The first-order valence-corrected chi connectivity index (χ1v) is 7.53. The molecule has 0 spiro atoms. The lowest BCUT2D eigenvalue weighted by Crippen LogP contribution is -2.21. The number of hydrogen-bond donors (Lipinski definition) is 1. The minimum atomic E-state index is 0.420. The fraction of sp³-hybridized carbons (Fsp3) is 0.188. The zero-order valence-corrected chi connectivity index (χ0v) is 14.0. The maximum atomic E-state index is 5.81. The van der Waals surface area contributed by atoms with E-state index in [1.54, 1.807) is 0 Å². The lowest BCUT2D eigenvalue weighted by molar-refractivity contribution is 0.919. The third kappa shape index (κ3) is 3.58. The van der Waals surface area contributed by atoms with Gasteiger partial charge in [-0.1, -0.05) is 58.0 Å². The van der Waals surface area contributed by atoms with Crippen LogP contribution in [0.2, 0.25) is 0 Å². The van der Waals surface area contributed by atoms with Crippen molar-refractivity contribution >= 4 is 38.8 Å². The van der Waals surface area contributed by atoms with Crippen LogP contribution in [0.15, 0.2) is 46.9 Å². The van der Waals surface area contributed by atoms with Gasteiger partial charge in [-0.2, -0.15) is 0 Å². The fourth-order valence-corrected chi connectivity index (χ4v) is 2.72. The van der Waals surface area contributed by atoms with Gasteiger partial charge in [0.25, 0.3) is 0 Å². The topological polar surface area (TPSA) is 29.3 Å². The lowest BCUT2D eigenvalue weighted by atomic mass is 10.1. The summed E-state index contributed by atoms with van der Waals surface area (Å²) in [5, 5.41) is 0. The van der Waals surface area contributed by atoms with Gasteiger partial charge < -0.3 is 10.6 Å². The van der Waals surface area contributed by atoms with Crippen molar-refractivity contribution in [3.8, 4) is 0 Å². The van der Waals surface area contributed by atoms with Gasteiger partial charge in [-0.15, -0.1) is 0 Å². The summed E-state index contributed by atoms with van der Waals surface area (Å²) >= 11 is 8.63. The number of benzene rings is 2. The van der Waals surface area contributed by atoms with Crippen LogP contribution in [-0.4, -0.2) is 12.0 Å². The zero-order valence-electron chi connectivity index (χ0n) is 11.6. The Bertz CT molecular complexity index is 640. The molecule has 0 heterocycles. The summed E-state index contributed by atoms with van der Waals surface area (Å²) in [5.41, 5.74) is 10.3. The number of nitrogens with zero attached hydrogens (tertiary/aromatic N) is 1. The fourth-order valence-electron chi connectivity index (χ4n) is 2.20. The van der Waals surface area contributed by atoms with Gasteiger partial charge in [0.15, 0.2) is 0 Å². The summed E-state index contributed by atoms with van der Waals surface area (Å²) in [6.07, 6.45) is 0. The van der Waals surface area contributed by atoms with Crippen LogP contribution >= 0.6 is 28.1 Å². The number of hydrogen-bond acceptors (Lipinski definition) is 2.